The second-order valence-electron chi connectivity index (χ2n) is 5.19. The van der Waals surface area contributed by atoms with Gasteiger partial charge < -0.3 is 15.3 Å². The topological polar surface area (TPSA) is 60.7 Å². The number of aliphatic hydroxyl groups is 3. The fraction of sp³-hybridized carbons (Fsp3) is 0.571. The quantitative estimate of drug-likeness (QED) is 0.639. The van der Waals surface area contributed by atoms with Crippen molar-refractivity contribution in [2.24, 2.45) is 16.7 Å². The van der Waals surface area contributed by atoms with Gasteiger partial charge in [-0.25, -0.2) is 0 Å². The van der Waals surface area contributed by atoms with Crippen LogP contribution in [0.15, 0.2) is 35.5 Å². The van der Waals surface area contributed by atoms with Crippen molar-refractivity contribution in [1.82, 2.24) is 0 Å². The summed E-state index contributed by atoms with van der Waals surface area (Å²) in [6, 6.07) is 0. The predicted molar refractivity (Wildman–Crippen MR) is 66.3 cm³/mol. The van der Waals surface area contributed by atoms with Crippen LogP contribution < -0.4 is 0 Å². The van der Waals surface area contributed by atoms with Gasteiger partial charge in [-0.3, -0.25) is 0 Å². The first-order chi connectivity index (χ1) is 8.10. The van der Waals surface area contributed by atoms with E-state index in [2.05, 4.69) is 0 Å². The van der Waals surface area contributed by atoms with Crippen molar-refractivity contribution < 1.29 is 15.3 Å². The highest BCUT2D eigenvalue weighted by Crippen LogP contribution is 2.74. The molecule has 94 valence electrons. The minimum atomic E-state index is -0.515. The monoisotopic (exact) mass is 236 g/mol. The Morgan fingerprint density at radius 1 is 1.12 bits per heavy atom. The third-order valence-electron chi connectivity index (χ3n) is 4.45. The lowest BCUT2D eigenvalue weighted by Gasteiger charge is -2.23. The van der Waals surface area contributed by atoms with E-state index in [1.54, 1.807) is 0 Å². The Bertz CT molecular complexity index is 404. The van der Waals surface area contributed by atoms with E-state index in [4.69, 9.17) is 0 Å². The fourth-order valence-electron chi connectivity index (χ4n) is 3.50. The maximum atomic E-state index is 9.81. The molecule has 0 aromatic carbocycles. The van der Waals surface area contributed by atoms with Gasteiger partial charge in [0.1, 0.15) is 0 Å². The van der Waals surface area contributed by atoms with E-state index in [9.17, 15) is 15.3 Å². The van der Waals surface area contributed by atoms with Crippen LogP contribution in [0.4, 0.5) is 0 Å². The fourth-order valence-corrected chi connectivity index (χ4v) is 3.50. The van der Waals surface area contributed by atoms with Crippen molar-refractivity contribution >= 4 is 0 Å². The predicted octanol–water partition coefficient (Wildman–Crippen LogP) is 1.03. The Balaban J connectivity index is 2.52. The molecule has 3 atom stereocenters. The van der Waals surface area contributed by atoms with Crippen molar-refractivity contribution in [3.8, 4) is 0 Å². The SMILES string of the molecule is CC(C)=C(CO)C1(CO)C2C=CC=CC21CO. The lowest BCUT2D eigenvalue weighted by Crippen LogP contribution is -2.25. The summed E-state index contributed by atoms with van der Waals surface area (Å²) >= 11 is 0. The molecule has 0 heterocycles. The average Bonchev–Trinajstić information content (AvgIpc) is 2.94. The van der Waals surface area contributed by atoms with E-state index in [0.717, 1.165) is 11.1 Å². The number of aliphatic hydroxyl groups excluding tert-OH is 3. The molecule has 2 aliphatic carbocycles. The van der Waals surface area contributed by atoms with Crippen molar-refractivity contribution in [1.29, 1.82) is 0 Å². The molecule has 0 bridgehead atoms. The van der Waals surface area contributed by atoms with Crippen molar-refractivity contribution in [2.45, 2.75) is 13.8 Å². The van der Waals surface area contributed by atoms with Gasteiger partial charge in [-0.05, 0) is 19.4 Å². The first-order valence-electron chi connectivity index (χ1n) is 5.96. The first-order valence-corrected chi connectivity index (χ1v) is 5.96. The van der Waals surface area contributed by atoms with Gasteiger partial charge in [-0.1, -0.05) is 29.9 Å². The Hall–Kier alpha value is -0.900. The van der Waals surface area contributed by atoms with Gasteiger partial charge in [0.05, 0.1) is 19.8 Å². The number of rotatable bonds is 4. The van der Waals surface area contributed by atoms with Crippen LogP contribution in [0.25, 0.3) is 0 Å². The van der Waals surface area contributed by atoms with Gasteiger partial charge in [-0.15, -0.1) is 0 Å². The van der Waals surface area contributed by atoms with Crippen LogP contribution in [0.5, 0.6) is 0 Å². The summed E-state index contributed by atoms with van der Waals surface area (Å²) in [5.74, 6) is 0.0899. The molecule has 1 saturated carbocycles. The normalized spacial score (nSPS) is 37.8. The third-order valence-corrected chi connectivity index (χ3v) is 4.45. The van der Waals surface area contributed by atoms with Gasteiger partial charge >= 0.3 is 0 Å². The minimum Gasteiger partial charge on any atom is -0.395 e. The molecule has 3 nitrogen and oxygen atoms in total. The lowest BCUT2D eigenvalue weighted by molar-refractivity contribution is 0.153. The molecule has 0 saturated heterocycles. The molecule has 2 aliphatic rings. The first kappa shape index (κ1) is 12.6. The number of hydrogen-bond donors (Lipinski definition) is 3. The third kappa shape index (κ3) is 1.33. The number of fused-ring (bicyclic) bond motifs is 1. The smallest absolute Gasteiger partial charge is 0.0651 e. The van der Waals surface area contributed by atoms with E-state index >= 15 is 0 Å². The second kappa shape index (κ2) is 4.09. The molecule has 0 aliphatic heterocycles. The van der Waals surface area contributed by atoms with E-state index in [-0.39, 0.29) is 25.7 Å². The summed E-state index contributed by atoms with van der Waals surface area (Å²) in [5, 5.41) is 29.1. The molecule has 0 amide bonds. The Morgan fingerprint density at radius 2 is 1.82 bits per heavy atom. The van der Waals surface area contributed by atoms with Crippen LogP contribution in [-0.4, -0.2) is 35.1 Å². The molecule has 1 fully saturated rings. The van der Waals surface area contributed by atoms with Crippen LogP contribution in [0.1, 0.15) is 13.8 Å². The summed E-state index contributed by atoms with van der Waals surface area (Å²) in [6.07, 6.45) is 7.83. The van der Waals surface area contributed by atoms with Crippen molar-refractivity contribution in [3.63, 3.8) is 0 Å². The van der Waals surface area contributed by atoms with Crippen molar-refractivity contribution in [3.05, 3.63) is 35.5 Å². The summed E-state index contributed by atoms with van der Waals surface area (Å²) in [5.41, 5.74) is 0.936. The van der Waals surface area contributed by atoms with Crippen LogP contribution in [-0.2, 0) is 0 Å². The highest BCUT2D eigenvalue weighted by atomic mass is 16.3. The summed E-state index contributed by atoms with van der Waals surface area (Å²) < 4.78 is 0. The molecular weight excluding hydrogens is 216 g/mol. The summed E-state index contributed by atoms with van der Waals surface area (Å²) in [6.45, 7) is 3.75. The molecule has 2 rings (SSSR count). The zero-order chi connectivity index (χ0) is 12.7. The van der Waals surface area contributed by atoms with Gasteiger partial charge in [0.25, 0.3) is 0 Å². The Kier molecular flexibility index (Phi) is 3.02. The minimum absolute atomic E-state index is 0.00412. The highest BCUT2D eigenvalue weighted by Gasteiger charge is 2.75. The zero-order valence-electron chi connectivity index (χ0n) is 10.3. The van der Waals surface area contributed by atoms with Crippen LogP contribution in [0.3, 0.4) is 0 Å². The van der Waals surface area contributed by atoms with Crippen LogP contribution >= 0.6 is 0 Å². The Morgan fingerprint density at radius 3 is 2.24 bits per heavy atom. The maximum absolute atomic E-state index is 9.81. The molecule has 3 heteroatoms. The van der Waals surface area contributed by atoms with E-state index in [1.165, 1.54) is 0 Å². The van der Waals surface area contributed by atoms with Crippen LogP contribution in [0, 0.1) is 16.7 Å². The molecule has 17 heavy (non-hydrogen) atoms. The molecule has 3 N–H and O–H groups in total. The second-order valence-corrected chi connectivity index (χ2v) is 5.19. The number of hydrogen-bond acceptors (Lipinski definition) is 3. The lowest BCUT2D eigenvalue weighted by atomic mass is 9.84. The molecule has 0 radical (unpaired) electrons. The number of allylic oxidation sites excluding steroid dienone is 4. The zero-order valence-corrected chi connectivity index (χ0v) is 10.3. The largest absolute Gasteiger partial charge is 0.395 e. The van der Waals surface area contributed by atoms with Gasteiger partial charge in [0.2, 0.25) is 0 Å². The molecule has 0 spiro atoms. The van der Waals surface area contributed by atoms with Crippen LogP contribution in [0.2, 0.25) is 0 Å². The van der Waals surface area contributed by atoms with E-state index in [1.807, 2.05) is 38.2 Å². The molecule has 3 unspecified atom stereocenters. The molecule has 0 aromatic rings. The van der Waals surface area contributed by atoms with Gasteiger partial charge in [-0.2, -0.15) is 0 Å². The van der Waals surface area contributed by atoms with E-state index < -0.39 is 10.8 Å². The molecule has 0 aromatic heterocycles. The maximum Gasteiger partial charge on any atom is 0.0651 e. The average molecular weight is 236 g/mol. The van der Waals surface area contributed by atoms with E-state index in [0.29, 0.717) is 0 Å². The Labute approximate surface area is 102 Å². The molecular formula is C14H20O3. The van der Waals surface area contributed by atoms with Gasteiger partial charge in [0.15, 0.2) is 0 Å². The summed E-state index contributed by atoms with van der Waals surface area (Å²) in [7, 11) is 0. The van der Waals surface area contributed by atoms with Crippen molar-refractivity contribution in [2.75, 3.05) is 19.8 Å². The standard InChI is InChI=1S/C14H20O3/c1-10(2)11(7-15)14(9-17)12-5-3-4-6-13(12,14)8-16/h3-6,12,15-17H,7-9H2,1-2H3. The highest BCUT2D eigenvalue weighted by molar-refractivity contribution is 5.48. The summed E-state index contributed by atoms with van der Waals surface area (Å²) in [4.78, 5) is 0. The van der Waals surface area contributed by atoms with Gasteiger partial charge in [0, 0.05) is 16.7 Å².